The highest BCUT2D eigenvalue weighted by Crippen LogP contribution is 2.30. The van der Waals surface area contributed by atoms with Gasteiger partial charge in [-0.3, -0.25) is 4.68 Å². The van der Waals surface area contributed by atoms with E-state index in [1.807, 2.05) is 18.7 Å². The lowest BCUT2D eigenvalue weighted by atomic mass is 10.1. The predicted molar refractivity (Wildman–Crippen MR) is 79.3 cm³/mol. The smallest absolute Gasteiger partial charge is 0.159 e. The van der Waals surface area contributed by atoms with Crippen molar-refractivity contribution in [2.24, 2.45) is 7.05 Å². The van der Waals surface area contributed by atoms with Gasteiger partial charge < -0.3 is 9.30 Å². The van der Waals surface area contributed by atoms with E-state index in [1.54, 1.807) is 0 Å². The zero-order chi connectivity index (χ0) is 14.3. The quantitative estimate of drug-likeness (QED) is 0.815. The first kappa shape index (κ1) is 13.9. The van der Waals surface area contributed by atoms with Gasteiger partial charge in [-0.1, -0.05) is 0 Å². The molecule has 2 aromatic rings. The van der Waals surface area contributed by atoms with Crippen LogP contribution >= 0.6 is 11.6 Å². The van der Waals surface area contributed by atoms with E-state index in [2.05, 4.69) is 16.6 Å². The molecule has 1 aliphatic heterocycles. The number of hydrogen-bond acceptors (Lipinski definition) is 3. The highest BCUT2D eigenvalue weighted by atomic mass is 35.5. The third-order valence-electron chi connectivity index (χ3n) is 4.14. The second kappa shape index (κ2) is 5.37. The van der Waals surface area contributed by atoms with E-state index in [0.717, 1.165) is 48.6 Å². The van der Waals surface area contributed by atoms with Crippen molar-refractivity contribution in [2.45, 2.75) is 45.3 Å². The SMILES string of the molecule is Cc1nn(C)c2c1nc(CCCl)n2C(C)C1CCCO1. The molecule has 0 N–H and O–H groups in total. The van der Waals surface area contributed by atoms with Crippen molar-refractivity contribution in [1.82, 2.24) is 19.3 Å². The number of nitrogens with zero attached hydrogens (tertiary/aromatic N) is 4. The Morgan fingerprint density at radius 1 is 1.50 bits per heavy atom. The largest absolute Gasteiger partial charge is 0.376 e. The molecule has 1 aliphatic rings. The predicted octanol–water partition coefficient (Wildman–Crippen LogP) is 2.60. The van der Waals surface area contributed by atoms with Crippen LogP contribution in [0, 0.1) is 6.92 Å². The fourth-order valence-corrected chi connectivity index (χ4v) is 3.35. The van der Waals surface area contributed by atoms with Crippen molar-refractivity contribution in [3.8, 4) is 0 Å². The van der Waals surface area contributed by atoms with Crippen molar-refractivity contribution in [2.75, 3.05) is 12.5 Å². The lowest BCUT2D eigenvalue weighted by Crippen LogP contribution is -2.23. The van der Waals surface area contributed by atoms with Crippen molar-refractivity contribution in [3.63, 3.8) is 0 Å². The summed E-state index contributed by atoms with van der Waals surface area (Å²) in [6.07, 6.45) is 3.28. The lowest BCUT2D eigenvalue weighted by Gasteiger charge is -2.23. The van der Waals surface area contributed by atoms with Crippen LogP contribution in [0.2, 0.25) is 0 Å². The summed E-state index contributed by atoms with van der Waals surface area (Å²) in [6, 6.07) is 0.260. The Labute approximate surface area is 123 Å². The summed E-state index contributed by atoms with van der Waals surface area (Å²) in [5.41, 5.74) is 3.03. The summed E-state index contributed by atoms with van der Waals surface area (Å²) in [7, 11) is 1.97. The van der Waals surface area contributed by atoms with Gasteiger partial charge in [-0.05, 0) is 26.7 Å². The Hall–Kier alpha value is -1.07. The molecule has 2 atom stereocenters. The Bertz CT molecular complexity index is 612. The first-order valence-electron chi connectivity index (χ1n) is 7.21. The molecule has 0 spiro atoms. The number of alkyl halides is 1. The number of ether oxygens (including phenoxy) is 1. The minimum absolute atomic E-state index is 0.260. The van der Waals surface area contributed by atoms with Crippen LogP contribution in [-0.2, 0) is 18.2 Å². The number of aromatic nitrogens is 4. The highest BCUT2D eigenvalue weighted by molar-refractivity contribution is 6.17. The van der Waals surface area contributed by atoms with Crippen molar-refractivity contribution in [1.29, 1.82) is 0 Å². The Morgan fingerprint density at radius 3 is 2.95 bits per heavy atom. The fraction of sp³-hybridized carbons (Fsp3) is 0.714. The van der Waals surface area contributed by atoms with Crippen molar-refractivity contribution in [3.05, 3.63) is 11.5 Å². The minimum atomic E-state index is 0.260. The standard InChI is InChI=1S/C14H21ClN4O/c1-9-13-14(18(3)17-9)19(12(16-13)6-7-15)10(2)11-5-4-8-20-11/h10-11H,4-8H2,1-3H3. The zero-order valence-electron chi connectivity index (χ0n) is 12.3. The van der Waals surface area contributed by atoms with E-state index in [0.29, 0.717) is 5.88 Å². The van der Waals surface area contributed by atoms with Gasteiger partial charge in [0.25, 0.3) is 0 Å². The van der Waals surface area contributed by atoms with Crippen LogP contribution in [0.25, 0.3) is 11.2 Å². The zero-order valence-corrected chi connectivity index (χ0v) is 13.0. The number of fused-ring (bicyclic) bond motifs is 1. The minimum Gasteiger partial charge on any atom is -0.376 e. The molecule has 1 fully saturated rings. The van der Waals surface area contributed by atoms with Crippen molar-refractivity contribution >= 4 is 22.8 Å². The molecule has 5 nitrogen and oxygen atoms in total. The molecule has 3 rings (SSSR count). The van der Waals surface area contributed by atoms with Crippen molar-refractivity contribution < 1.29 is 4.74 Å². The topological polar surface area (TPSA) is 44.9 Å². The first-order chi connectivity index (χ1) is 9.63. The molecule has 2 unspecified atom stereocenters. The molecular weight excluding hydrogens is 276 g/mol. The average molecular weight is 297 g/mol. The van der Waals surface area contributed by atoms with Crippen LogP contribution in [0.3, 0.4) is 0 Å². The number of imidazole rings is 1. The van der Waals surface area contributed by atoms with E-state index in [-0.39, 0.29) is 12.1 Å². The summed E-state index contributed by atoms with van der Waals surface area (Å²) >= 11 is 5.94. The summed E-state index contributed by atoms with van der Waals surface area (Å²) in [4.78, 5) is 4.75. The lowest BCUT2D eigenvalue weighted by molar-refractivity contribution is 0.0733. The molecule has 0 aromatic carbocycles. The maximum Gasteiger partial charge on any atom is 0.159 e. The second-order valence-electron chi connectivity index (χ2n) is 5.51. The third kappa shape index (κ3) is 2.13. The molecule has 6 heteroatoms. The van der Waals surface area contributed by atoms with Gasteiger partial charge in [-0.2, -0.15) is 5.10 Å². The van der Waals surface area contributed by atoms with Gasteiger partial charge in [0.05, 0.1) is 17.8 Å². The number of rotatable bonds is 4. The molecule has 20 heavy (non-hydrogen) atoms. The van der Waals surface area contributed by atoms with Crippen LogP contribution in [0.5, 0.6) is 0 Å². The Kier molecular flexibility index (Phi) is 3.73. The van der Waals surface area contributed by atoms with Gasteiger partial charge in [0.2, 0.25) is 0 Å². The van der Waals surface area contributed by atoms with Crippen LogP contribution < -0.4 is 0 Å². The molecule has 0 radical (unpaired) electrons. The molecule has 0 bridgehead atoms. The Balaban J connectivity index is 2.12. The van der Waals surface area contributed by atoms with Gasteiger partial charge in [-0.15, -0.1) is 11.6 Å². The molecular formula is C14H21ClN4O. The van der Waals surface area contributed by atoms with Gasteiger partial charge in [0.15, 0.2) is 5.65 Å². The molecule has 0 saturated carbocycles. The summed E-state index contributed by atoms with van der Waals surface area (Å²) < 4.78 is 10.0. The molecule has 0 amide bonds. The van der Waals surface area contributed by atoms with E-state index in [1.165, 1.54) is 0 Å². The second-order valence-corrected chi connectivity index (χ2v) is 5.89. The molecule has 3 heterocycles. The van der Waals surface area contributed by atoms with Gasteiger partial charge in [0, 0.05) is 26.0 Å². The number of halogens is 1. The summed E-state index contributed by atoms with van der Waals surface area (Å²) in [5, 5.41) is 4.48. The number of aryl methyl sites for hydroxylation is 3. The molecule has 2 aromatic heterocycles. The van der Waals surface area contributed by atoms with E-state index in [9.17, 15) is 0 Å². The van der Waals surface area contributed by atoms with Gasteiger partial charge >= 0.3 is 0 Å². The van der Waals surface area contributed by atoms with E-state index >= 15 is 0 Å². The van der Waals surface area contributed by atoms with E-state index < -0.39 is 0 Å². The normalized spacial score (nSPS) is 20.9. The van der Waals surface area contributed by atoms with Crippen LogP contribution in [0.4, 0.5) is 0 Å². The van der Waals surface area contributed by atoms with Gasteiger partial charge in [0.1, 0.15) is 11.3 Å². The van der Waals surface area contributed by atoms with Crippen LogP contribution in [0.15, 0.2) is 0 Å². The highest BCUT2D eigenvalue weighted by Gasteiger charge is 2.28. The third-order valence-corrected chi connectivity index (χ3v) is 4.33. The first-order valence-corrected chi connectivity index (χ1v) is 7.75. The van der Waals surface area contributed by atoms with Crippen LogP contribution in [0.1, 0.15) is 37.3 Å². The maximum absolute atomic E-state index is 5.94. The molecule has 0 aliphatic carbocycles. The number of hydrogen-bond donors (Lipinski definition) is 0. The molecule has 110 valence electrons. The molecule has 1 saturated heterocycles. The monoisotopic (exact) mass is 296 g/mol. The summed E-state index contributed by atoms with van der Waals surface area (Å²) in [5.74, 6) is 1.61. The fourth-order valence-electron chi connectivity index (χ4n) is 3.18. The van der Waals surface area contributed by atoms with Gasteiger partial charge in [-0.25, -0.2) is 4.98 Å². The maximum atomic E-state index is 5.94. The van der Waals surface area contributed by atoms with Crippen LogP contribution in [-0.4, -0.2) is 37.9 Å². The Morgan fingerprint density at radius 2 is 2.30 bits per heavy atom. The summed E-state index contributed by atoms with van der Waals surface area (Å²) in [6.45, 7) is 5.07. The van der Waals surface area contributed by atoms with E-state index in [4.69, 9.17) is 21.3 Å². The average Bonchev–Trinajstić information content (AvgIpc) is 3.09.